The van der Waals surface area contributed by atoms with Crippen molar-refractivity contribution in [3.63, 3.8) is 0 Å². The molecule has 1 amide bonds. The molecule has 0 bridgehead atoms. The van der Waals surface area contributed by atoms with Gasteiger partial charge in [-0.05, 0) is 43.4 Å². The van der Waals surface area contributed by atoms with Gasteiger partial charge in [-0.2, -0.15) is 4.98 Å². The lowest BCUT2D eigenvalue weighted by atomic mass is 10.0. The van der Waals surface area contributed by atoms with E-state index in [-0.39, 0.29) is 11.9 Å². The lowest BCUT2D eigenvalue weighted by Crippen LogP contribution is -2.42. The van der Waals surface area contributed by atoms with Crippen molar-refractivity contribution in [2.45, 2.75) is 19.4 Å². The summed E-state index contributed by atoms with van der Waals surface area (Å²) in [5.74, 6) is 2.01. The number of carbonyl (C=O) groups is 1. The highest BCUT2D eigenvalue weighted by Gasteiger charge is 2.54. The van der Waals surface area contributed by atoms with Crippen LogP contribution in [0, 0.1) is 18.8 Å². The molecule has 1 saturated carbocycles. The van der Waals surface area contributed by atoms with Gasteiger partial charge in [0.25, 0.3) is 11.9 Å². The van der Waals surface area contributed by atoms with E-state index in [1.807, 2.05) is 72.1 Å². The Balaban J connectivity index is 1.27. The molecule has 1 aliphatic heterocycles. The zero-order chi connectivity index (χ0) is 21.8. The van der Waals surface area contributed by atoms with Crippen molar-refractivity contribution in [2.24, 2.45) is 18.9 Å². The molecule has 1 N–H and O–H groups in total. The number of likely N-dealkylation sites (tertiary alicyclic amines) is 1. The molecule has 162 valence electrons. The number of amides is 1. The second kappa shape index (κ2) is 7.22. The lowest BCUT2D eigenvalue weighted by Gasteiger charge is -2.28. The van der Waals surface area contributed by atoms with Gasteiger partial charge in [-0.1, -0.05) is 29.8 Å². The van der Waals surface area contributed by atoms with E-state index in [2.05, 4.69) is 15.3 Å². The molecule has 2 aromatic heterocycles. The van der Waals surface area contributed by atoms with E-state index >= 15 is 0 Å². The van der Waals surface area contributed by atoms with Crippen LogP contribution in [0.1, 0.15) is 22.3 Å². The molecule has 2 aromatic carbocycles. The van der Waals surface area contributed by atoms with Crippen LogP contribution in [0.5, 0.6) is 0 Å². The highest BCUT2D eigenvalue weighted by atomic mass is 16.4. The van der Waals surface area contributed by atoms with Crippen molar-refractivity contribution in [3.05, 3.63) is 66.0 Å². The molecule has 7 heteroatoms. The molecule has 0 radical (unpaired) electrons. The van der Waals surface area contributed by atoms with Gasteiger partial charge < -0.3 is 19.2 Å². The van der Waals surface area contributed by atoms with Crippen LogP contribution in [0.3, 0.4) is 0 Å². The average Bonchev–Trinajstić information content (AvgIpc) is 3.11. The number of hydrogen-bond donors (Lipinski definition) is 1. The summed E-state index contributed by atoms with van der Waals surface area (Å²) in [6.07, 6.45) is 4.85. The van der Waals surface area contributed by atoms with Crippen LogP contribution in [-0.2, 0) is 7.05 Å². The number of nitrogens with one attached hydrogen (secondary N) is 1. The number of hydrogen-bond acceptors (Lipinski definition) is 5. The Morgan fingerprint density at radius 2 is 2.12 bits per heavy atom. The van der Waals surface area contributed by atoms with Crippen LogP contribution in [0.2, 0.25) is 0 Å². The van der Waals surface area contributed by atoms with Gasteiger partial charge in [-0.3, -0.25) is 4.79 Å². The molecular formula is C25H25N5O2. The first kappa shape index (κ1) is 19.1. The Bertz CT molecular complexity index is 1290. The van der Waals surface area contributed by atoms with Gasteiger partial charge in [0.05, 0.1) is 11.6 Å². The number of rotatable bonds is 5. The molecule has 1 aliphatic carbocycles. The normalized spacial score (nSPS) is 21.7. The van der Waals surface area contributed by atoms with E-state index in [0.717, 1.165) is 34.6 Å². The second-order valence-electron chi connectivity index (χ2n) is 8.96. The first-order chi connectivity index (χ1) is 15.6. The third kappa shape index (κ3) is 3.16. The van der Waals surface area contributed by atoms with Crippen molar-refractivity contribution >= 4 is 23.0 Å². The van der Waals surface area contributed by atoms with Gasteiger partial charge in [0, 0.05) is 38.1 Å². The monoisotopic (exact) mass is 427 g/mol. The standard InChI is InChI=1S/C25H25N5O2/c1-15-7-8-17(23-26-9-10-29(23)2)19(11-15)24(31)30-14-16-12-18(16)21(30)13-27-25-28-20-5-3-4-6-22(20)32-25/h3-11,16,18,21H,12-14H2,1-2H3,(H,27,28). The van der Waals surface area contributed by atoms with Gasteiger partial charge >= 0.3 is 0 Å². The quantitative estimate of drug-likeness (QED) is 0.519. The molecule has 1 saturated heterocycles. The fourth-order valence-corrected chi connectivity index (χ4v) is 5.02. The largest absolute Gasteiger partial charge is 0.424 e. The van der Waals surface area contributed by atoms with Crippen LogP contribution in [0.25, 0.3) is 22.5 Å². The summed E-state index contributed by atoms with van der Waals surface area (Å²) in [6, 6.07) is 14.4. The SMILES string of the molecule is Cc1ccc(-c2nccn2C)c(C(=O)N2CC3CC3C2CNc2nc3ccccc3o2)c1. The molecule has 2 fully saturated rings. The van der Waals surface area contributed by atoms with E-state index in [1.54, 1.807) is 6.20 Å². The number of para-hydroxylation sites is 2. The Kier molecular flexibility index (Phi) is 4.31. The minimum atomic E-state index is 0.0725. The number of anilines is 1. The maximum Gasteiger partial charge on any atom is 0.295 e. The molecule has 7 nitrogen and oxygen atoms in total. The second-order valence-corrected chi connectivity index (χ2v) is 8.96. The van der Waals surface area contributed by atoms with Crippen LogP contribution >= 0.6 is 0 Å². The number of benzene rings is 2. The van der Waals surface area contributed by atoms with Crippen LogP contribution in [-0.4, -0.2) is 44.5 Å². The molecule has 0 spiro atoms. The van der Waals surface area contributed by atoms with Crippen LogP contribution < -0.4 is 5.32 Å². The molecule has 32 heavy (non-hydrogen) atoms. The lowest BCUT2D eigenvalue weighted by molar-refractivity contribution is 0.0715. The number of nitrogens with zero attached hydrogens (tertiary/aromatic N) is 4. The van der Waals surface area contributed by atoms with E-state index in [1.165, 1.54) is 6.42 Å². The highest BCUT2D eigenvalue weighted by Crippen LogP contribution is 2.50. The van der Waals surface area contributed by atoms with E-state index in [4.69, 9.17) is 4.42 Å². The molecular weight excluding hydrogens is 402 g/mol. The Morgan fingerprint density at radius 3 is 2.94 bits per heavy atom. The average molecular weight is 428 g/mol. The summed E-state index contributed by atoms with van der Waals surface area (Å²) >= 11 is 0. The fourth-order valence-electron chi connectivity index (χ4n) is 5.02. The summed E-state index contributed by atoms with van der Waals surface area (Å²) in [4.78, 5) is 24.8. The fraction of sp³-hybridized carbons (Fsp3) is 0.320. The summed E-state index contributed by atoms with van der Waals surface area (Å²) in [5, 5.41) is 3.34. The predicted molar refractivity (Wildman–Crippen MR) is 122 cm³/mol. The molecule has 3 atom stereocenters. The third-order valence-electron chi connectivity index (χ3n) is 6.79. The van der Waals surface area contributed by atoms with Crippen molar-refractivity contribution in [3.8, 4) is 11.4 Å². The summed E-state index contributed by atoms with van der Waals surface area (Å²) in [6.45, 7) is 3.45. The number of piperidine rings is 1. The molecule has 6 rings (SSSR count). The van der Waals surface area contributed by atoms with Crippen LogP contribution in [0.4, 0.5) is 6.01 Å². The summed E-state index contributed by atoms with van der Waals surface area (Å²) in [5.41, 5.74) is 4.25. The number of aromatic nitrogens is 3. The maximum absolute atomic E-state index is 13.8. The van der Waals surface area contributed by atoms with Gasteiger partial charge in [0.1, 0.15) is 11.3 Å². The highest BCUT2D eigenvalue weighted by molar-refractivity contribution is 6.01. The number of oxazole rings is 1. The van der Waals surface area contributed by atoms with E-state index in [9.17, 15) is 4.79 Å². The predicted octanol–water partition coefficient (Wildman–Crippen LogP) is 4.11. The van der Waals surface area contributed by atoms with Crippen molar-refractivity contribution < 1.29 is 9.21 Å². The first-order valence-electron chi connectivity index (χ1n) is 11.1. The van der Waals surface area contributed by atoms with Crippen LogP contribution in [0.15, 0.2) is 59.3 Å². The molecule has 3 unspecified atom stereocenters. The van der Waals surface area contributed by atoms with Gasteiger partial charge in [-0.15, -0.1) is 0 Å². The van der Waals surface area contributed by atoms with Gasteiger partial charge in [-0.25, -0.2) is 4.98 Å². The minimum absolute atomic E-state index is 0.0725. The van der Waals surface area contributed by atoms with Crippen molar-refractivity contribution in [1.29, 1.82) is 0 Å². The van der Waals surface area contributed by atoms with Crippen molar-refractivity contribution in [1.82, 2.24) is 19.4 Å². The smallest absolute Gasteiger partial charge is 0.295 e. The number of carbonyl (C=O) groups excluding carboxylic acids is 1. The topological polar surface area (TPSA) is 76.2 Å². The number of imidazole rings is 1. The maximum atomic E-state index is 13.8. The Hall–Kier alpha value is -3.61. The summed E-state index contributed by atoms with van der Waals surface area (Å²) < 4.78 is 7.77. The molecule has 4 aromatic rings. The number of aryl methyl sites for hydroxylation is 2. The number of fused-ring (bicyclic) bond motifs is 2. The summed E-state index contributed by atoms with van der Waals surface area (Å²) in [7, 11) is 1.95. The zero-order valence-electron chi connectivity index (χ0n) is 18.2. The van der Waals surface area contributed by atoms with Gasteiger partial charge in [0.2, 0.25) is 0 Å². The third-order valence-corrected chi connectivity index (χ3v) is 6.79. The van der Waals surface area contributed by atoms with E-state index < -0.39 is 0 Å². The Morgan fingerprint density at radius 1 is 1.25 bits per heavy atom. The molecule has 2 aliphatic rings. The van der Waals surface area contributed by atoms with Crippen molar-refractivity contribution in [2.75, 3.05) is 18.4 Å². The molecule has 3 heterocycles. The first-order valence-corrected chi connectivity index (χ1v) is 11.1. The van der Waals surface area contributed by atoms with Gasteiger partial charge in [0.15, 0.2) is 5.58 Å². The minimum Gasteiger partial charge on any atom is -0.424 e. The Labute approximate surface area is 186 Å². The zero-order valence-corrected chi connectivity index (χ0v) is 18.2. The van der Waals surface area contributed by atoms with E-state index in [0.29, 0.717) is 30.0 Å².